The summed E-state index contributed by atoms with van der Waals surface area (Å²) in [6.07, 6.45) is 4.12. The molecular weight excluding hydrogens is 340 g/mol. The van der Waals surface area contributed by atoms with Crippen LogP contribution in [-0.2, 0) is 11.2 Å². The Morgan fingerprint density at radius 1 is 1.60 bits per heavy atom. The minimum absolute atomic E-state index is 0.364. The number of halogens is 1. The van der Waals surface area contributed by atoms with Gasteiger partial charge in [0.15, 0.2) is 0 Å². The van der Waals surface area contributed by atoms with Crippen LogP contribution in [0.2, 0.25) is 0 Å². The first-order chi connectivity index (χ1) is 9.60. The van der Waals surface area contributed by atoms with Crippen LogP contribution in [0.25, 0.3) is 0 Å². The monoisotopic (exact) mass is 360 g/mol. The molecule has 1 aromatic heterocycles. The fourth-order valence-electron chi connectivity index (χ4n) is 2.04. The molecule has 0 spiro atoms. The summed E-state index contributed by atoms with van der Waals surface area (Å²) in [6, 6.07) is 3.41. The maximum absolute atomic E-state index is 10.9. The van der Waals surface area contributed by atoms with E-state index in [1.807, 2.05) is 0 Å². The van der Waals surface area contributed by atoms with Crippen LogP contribution >= 0.6 is 27.3 Å². The Balaban J connectivity index is 1.79. The van der Waals surface area contributed by atoms with Gasteiger partial charge in [0.05, 0.1) is 10.9 Å². The summed E-state index contributed by atoms with van der Waals surface area (Å²) in [5, 5.41) is 6.32. The number of amides is 1. The van der Waals surface area contributed by atoms with Crippen LogP contribution in [0.3, 0.4) is 0 Å². The lowest BCUT2D eigenvalue weighted by atomic mass is 10.1. The van der Waals surface area contributed by atoms with Crippen molar-refractivity contribution in [1.82, 2.24) is 10.6 Å². The summed E-state index contributed by atoms with van der Waals surface area (Å²) in [4.78, 5) is 12.3. The summed E-state index contributed by atoms with van der Waals surface area (Å²) in [7, 11) is 1.38. The largest absolute Gasteiger partial charge is 0.453 e. The van der Waals surface area contributed by atoms with E-state index in [-0.39, 0.29) is 6.09 Å². The van der Waals surface area contributed by atoms with Crippen molar-refractivity contribution in [3.8, 4) is 0 Å². The second kappa shape index (κ2) is 7.43. The van der Waals surface area contributed by atoms with E-state index in [0.29, 0.717) is 12.6 Å². The molecule has 0 aliphatic heterocycles. The van der Waals surface area contributed by atoms with Gasteiger partial charge in [-0.05, 0) is 60.2 Å². The van der Waals surface area contributed by atoms with Gasteiger partial charge in [-0.1, -0.05) is 0 Å². The molecule has 1 saturated carbocycles. The van der Waals surface area contributed by atoms with E-state index in [1.54, 1.807) is 11.3 Å². The van der Waals surface area contributed by atoms with E-state index in [4.69, 9.17) is 0 Å². The van der Waals surface area contributed by atoms with Crippen LogP contribution in [0.5, 0.6) is 0 Å². The van der Waals surface area contributed by atoms with Crippen LogP contribution in [0.4, 0.5) is 4.79 Å². The average Bonchev–Trinajstić information content (AvgIpc) is 3.16. The van der Waals surface area contributed by atoms with Gasteiger partial charge < -0.3 is 15.4 Å². The number of thiophene rings is 1. The molecule has 20 heavy (non-hydrogen) atoms. The highest BCUT2D eigenvalue weighted by Crippen LogP contribution is 2.34. The third-order valence-electron chi connectivity index (χ3n) is 3.34. The molecule has 0 radical (unpaired) electrons. The Morgan fingerprint density at radius 3 is 3.00 bits per heavy atom. The first kappa shape index (κ1) is 15.8. The Morgan fingerprint density at radius 2 is 2.35 bits per heavy atom. The number of alkyl carbamates (subject to hydrolysis) is 1. The van der Waals surface area contributed by atoms with Gasteiger partial charge in [0, 0.05) is 23.5 Å². The van der Waals surface area contributed by atoms with E-state index in [9.17, 15) is 4.79 Å². The van der Waals surface area contributed by atoms with Crippen molar-refractivity contribution < 1.29 is 9.53 Å². The summed E-state index contributed by atoms with van der Waals surface area (Å²) < 4.78 is 5.74. The van der Waals surface area contributed by atoms with Crippen molar-refractivity contribution in [3.63, 3.8) is 0 Å². The van der Waals surface area contributed by atoms with Crippen LogP contribution in [-0.4, -0.2) is 25.8 Å². The fourth-order valence-corrected chi connectivity index (χ4v) is 3.86. The van der Waals surface area contributed by atoms with Gasteiger partial charge in [-0.3, -0.25) is 0 Å². The predicted octanol–water partition coefficient (Wildman–Crippen LogP) is 3.61. The molecule has 0 bridgehead atoms. The van der Waals surface area contributed by atoms with Crippen LogP contribution in [0, 0.1) is 0 Å². The standard InChI is InChI=1S/C14H21BrN2O2S/c1-9(17-11-5-6-11)12-8-10(13(15)20-12)4-3-7-16-14(18)19-2/h8-9,11,17H,3-7H2,1-2H3,(H,16,18)/t9-/m1/s1. The van der Waals surface area contributed by atoms with Crippen molar-refractivity contribution >= 4 is 33.4 Å². The SMILES string of the molecule is COC(=O)NCCCc1cc([C@@H](C)NC2CC2)sc1Br. The summed E-state index contributed by atoms with van der Waals surface area (Å²) in [5.41, 5.74) is 1.32. The number of methoxy groups -OCH3 is 1. The molecule has 1 amide bonds. The Labute approximate surface area is 132 Å². The number of aryl methyl sites for hydroxylation is 1. The van der Waals surface area contributed by atoms with E-state index < -0.39 is 0 Å². The zero-order valence-corrected chi connectivity index (χ0v) is 14.3. The molecule has 1 aliphatic carbocycles. The topological polar surface area (TPSA) is 50.4 Å². The molecule has 1 aromatic rings. The number of hydrogen-bond donors (Lipinski definition) is 2. The lowest BCUT2D eigenvalue weighted by Gasteiger charge is -2.10. The molecule has 1 fully saturated rings. The van der Waals surface area contributed by atoms with Gasteiger partial charge in [0.1, 0.15) is 0 Å². The second-order valence-corrected chi connectivity index (χ2v) is 7.53. The highest BCUT2D eigenvalue weighted by molar-refractivity contribution is 9.11. The summed E-state index contributed by atoms with van der Waals surface area (Å²) in [5.74, 6) is 0. The van der Waals surface area contributed by atoms with Crippen molar-refractivity contribution in [2.45, 2.75) is 44.7 Å². The first-order valence-corrected chi connectivity index (χ1v) is 8.57. The first-order valence-electron chi connectivity index (χ1n) is 6.96. The molecular formula is C14H21BrN2O2S. The molecule has 0 aromatic carbocycles. The lowest BCUT2D eigenvalue weighted by Crippen LogP contribution is -2.24. The highest BCUT2D eigenvalue weighted by Gasteiger charge is 2.24. The Kier molecular flexibility index (Phi) is 5.86. The molecule has 112 valence electrons. The summed E-state index contributed by atoms with van der Waals surface area (Å²) >= 11 is 5.44. The Hall–Kier alpha value is -0.590. The van der Waals surface area contributed by atoms with Gasteiger partial charge in [-0.2, -0.15) is 0 Å². The maximum Gasteiger partial charge on any atom is 0.406 e. The quantitative estimate of drug-likeness (QED) is 0.730. The number of hydrogen-bond acceptors (Lipinski definition) is 4. The Bertz CT molecular complexity index is 460. The van der Waals surface area contributed by atoms with E-state index in [0.717, 1.165) is 18.9 Å². The highest BCUT2D eigenvalue weighted by atomic mass is 79.9. The summed E-state index contributed by atoms with van der Waals surface area (Å²) in [6.45, 7) is 2.86. The molecule has 2 N–H and O–H groups in total. The fraction of sp³-hybridized carbons (Fsp3) is 0.643. The third kappa shape index (κ3) is 4.75. The minimum atomic E-state index is -0.364. The van der Waals surface area contributed by atoms with Gasteiger partial charge in [-0.25, -0.2) is 4.79 Å². The van der Waals surface area contributed by atoms with Crippen LogP contribution in [0.1, 0.15) is 42.7 Å². The number of ether oxygens (including phenoxy) is 1. The van der Waals surface area contributed by atoms with Crippen molar-refractivity contribution in [3.05, 3.63) is 20.3 Å². The van der Waals surface area contributed by atoms with E-state index in [1.165, 1.54) is 34.2 Å². The second-order valence-electron chi connectivity index (χ2n) is 5.13. The predicted molar refractivity (Wildman–Crippen MR) is 85.3 cm³/mol. The number of rotatable bonds is 7. The molecule has 1 heterocycles. The van der Waals surface area contributed by atoms with Gasteiger partial charge in [0.25, 0.3) is 0 Å². The molecule has 0 unspecified atom stereocenters. The number of carbonyl (C=O) groups excluding carboxylic acids is 1. The molecule has 1 aliphatic rings. The van der Waals surface area contributed by atoms with E-state index in [2.05, 4.69) is 44.3 Å². The van der Waals surface area contributed by atoms with Crippen molar-refractivity contribution in [2.75, 3.05) is 13.7 Å². The van der Waals surface area contributed by atoms with Gasteiger partial charge in [0.2, 0.25) is 0 Å². The number of nitrogens with one attached hydrogen (secondary N) is 2. The average molecular weight is 361 g/mol. The normalized spacial score (nSPS) is 15.9. The molecule has 1 atom stereocenters. The van der Waals surface area contributed by atoms with Crippen LogP contribution < -0.4 is 10.6 Å². The van der Waals surface area contributed by atoms with Crippen molar-refractivity contribution in [1.29, 1.82) is 0 Å². The zero-order chi connectivity index (χ0) is 14.5. The van der Waals surface area contributed by atoms with Crippen LogP contribution in [0.15, 0.2) is 9.85 Å². The third-order valence-corrected chi connectivity index (χ3v) is 5.49. The minimum Gasteiger partial charge on any atom is -0.453 e. The molecule has 4 nitrogen and oxygen atoms in total. The van der Waals surface area contributed by atoms with Gasteiger partial charge in [-0.15, -0.1) is 11.3 Å². The van der Waals surface area contributed by atoms with Gasteiger partial charge >= 0.3 is 6.09 Å². The number of carbonyl (C=O) groups is 1. The van der Waals surface area contributed by atoms with Crippen molar-refractivity contribution in [2.24, 2.45) is 0 Å². The maximum atomic E-state index is 10.9. The molecule has 6 heteroatoms. The zero-order valence-electron chi connectivity index (χ0n) is 11.9. The molecule has 0 saturated heterocycles. The smallest absolute Gasteiger partial charge is 0.406 e. The molecule has 2 rings (SSSR count). The lowest BCUT2D eigenvalue weighted by molar-refractivity contribution is 0.171. The van der Waals surface area contributed by atoms with E-state index >= 15 is 0 Å².